The number of carbonyl (C=O) groups excluding carboxylic acids is 1. The van der Waals surface area contributed by atoms with Crippen molar-refractivity contribution in [3.8, 4) is 0 Å². The van der Waals surface area contributed by atoms with Crippen molar-refractivity contribution in [1.82, 2.24) is 4.90 Å². The number of nitrogens with two attached hydrogens (primary N) is 1. The van der Waals surface area contributed by atoms with Crippen LogP contribution >= 0.6 is 12.2 Å². The molecule has 0 saturated carbocycles. The third kappa shape index (κ3) is 3.52. The third-order valence-electron chi connectivity index (χ3n) is 3.20. The van der Waals surface area contributed by atoms with E-state index in [0.717, 1.165) is 12.0 Å². The van der Waals surface area contributed by atoms with Gasteiger partial charge in [-0.1, -0.05) is 42.5 Å². The molecule has 2 rings (SSSR count). The minimum absolute atomic E-state index is 0.0239. The Kier molecular flexibility index (Phi) is 4.87. The second-order valence-electron chi connectivity index (χ2n) is 4.54. The number of hydrogen-bond acceptors (Lipinski definition) is 3. The minimum Gasteiger partial charge on any atom is -0.392 e. The summed E-state index contributed by atoms with van der Waals surface area (Å²) in [6, 6.07) is 9.45. The van der Waals surface area contributed by atoms with Crippen LogP contribution in [0.25, 0.3) is 0 Å². The Morgan fingerprint density at radius 3 is 2.68 bits per heavy atom. The molecule has 0 radical (unpaired) electrons. The fourth-order valence-electron chi connectivity index (χ4n) is 2.22. The van der Waals surface area contributed by atoms with Gasteiger partial charge in [0.25, 0.3) is 0 Å². The normalized spacial score (nSPS) is 17.6. The highest BCUT2D eigenvalue weighted by Crippen LogP contribution is 2.19. The minimum atomic E-state index is -0.533. The highest BCUT2D eigenvalue weighted by molar-refractivity contribution is 7.80. The Balaban J connectivity index is 2.19. The first kappa shape index (κ1) is 14.0. The average molecular weight is 278 g/mol. The highest BCUT2D eigenvalue weighted by atomic mass is 32.1. The van der Waals surface area contributed by atoms with Crippen LogP contribution in [0.3, 0.4) is 0 Å². The highest BCUT2D eigenvalue weighted by Gasteiger charge is 2.28. The van der Waals surface area contributed by atoms with Gasteiger partial charge in [-0.15, -0.1) is 0 Å². The summed E-state index contributed by atoms with van der Waals surface area (Å²) < 4.78 is 5.36. The summed E-state index contributed by atoms with van der Waals surface area (Å²) in [4.78, 5) is 14.6. The second kappa shape index (κ2) is 6.63. The summed E-state index contributed by atoms with van der Waals surface area (Å²) >= 11 is 5.08. The fraction of sp³-hybridized carbons (Fsp3) is 0.429. The van der Waals surface area contributed by atoms with Crippen molar-refractivity contribution in [2.45, 2.75) is 12.3 Å². The summed E-state index contributed by atoms with van der Waals surface area (Å²) in [5.41, 5.74) is 6.62. The number of hydrogen-bond donors (Lipinski definition) is 1. The summed E-state index contributed by atoms with van der Waals surface area (Å²) in [7, 11) is 0. The quantitative estimate of drug-likeness (QED) is 0.847. The zero-order chi connectivity index (χ0) is 13.7. The van der Waals surface area contributed by atoms with Crippen LogP contribution in [0.4, 0.5) is 0 Å². The number of ether oxygens (including phenoxy) is 1. The Labute approximate surface area is 118 Å². The van der Waals surface area contributed by atoms with E-state index in [9.17, 15) is 4.79 Å². The van der Waals surface area contributed by atoms with E-state index in [-0.39, 0.29) is 10.9 Å². The molecule has 0 spiro atoms. The fourth-order valence-corrected chi connectivity index (χ4v) is 2.46. The van der Waals surface area contributed by atoms with E-state index < -0.39 is 5.92 Å². The van der Waals surface area contributed by atoms with Gasteiger partial charge in [0.05, 0.1) is 11.6 Å². The van der Waals surface area contributed by atoms with E-state index in [1.165, 1.54) is 0 Å². The van der Waals surface area contributed by atoms with Crippen LogP contribution in [0.2, 0.25) is 0 Å². The summed E-state index contributed by atoms with van der Waals surface area (Å²) in [6.07, 6.45) is 0.852. The molecule has 1 unspecified atom stereocenters. The molecule has 1 fully saturated rings. The number of amides is 1. The zero-order valence-electron chi connectivity index (χ0n) is 10.7. The van der Waals surface area contributed by atoms with E-state index in [0.29, 0.717) is 26.3 Å². The van der Waals surface area contributed by atoms with Gasteiger partial charge >= 0.3 is 0 Å². The molecule has 1 aliphatic rings. The Morgan fingerprint density at radius 1 is 1.26 bits per heavy atom. The van der Waals surface area contributed by atoms with Crippen molar-refractivity contribution in [3.05, 3.63) is 35.9 Å². The van der Waals surface area contributed by atoms with Crippen molar-refractivity contribution >= 4 is 23.1 Å². The van der Waals surface area contributed by atoms with Crippen molar-refractivity contribution in [2.75, 3.05) is 26.3 Å². The molecule has 1 aliphatic heterocycles. The van der Waals surface area contributed by atoms with Gasteiger partial charge in [0.2, 0.25) is 5.91 Å². The number of rotatable bonds is 3. The lowest BCUT2D eigenvalue weighted by atomic mass is 9.97. The second-order valence-corrected chi connectivity index (χ2v) is 5.01. The van der Waals surface area contributed by atoms with Gasteiger partial charge in [0, 0.05) is 19.7 Å². The molecule has 5 heteroatoms. The van der Waals surface area contributed by atoms with Gasteiger partial charge < -0.3 is 15.4 Å². The predicted octanol–water partition coefficient (Wildman–Crippen LogP) is 1.31. The van der Waals surface area contributed by atoms with Gasteiger partial charge in [-0.3, -0.25) is 4.79 Å². The SMILES string of the molecule is NC(=S)C(C(=O)N1CCCOCC1)c1ccccc1. The van der Waals surface area contributed by atoms with Gasteiger partial charge in [-0.2, -0.15) is 0 Å². The van der Waals surface area contributed by atoms with E-state index in [2.05, 4.69) is 0 Å². The molecule has 1 atom stereocenters. The predicted molar refractivity (Wildman–Crippen MR) is 78.0 cm³/mol. The molecular weight excluding hydrogens is 260 g/mol. The van der Waals surface area contributed by atoms with Gasteiger partial charge in [0.15, 0.2) is 0 Å². The molecule has 1 heterocycles. The number of nitrogens with zero attached hydrogens (tertiary/aromatic N) is 1. The molecule has 0 aliphatic carbocycles. The molecule has 1 aromatic rings. The third-order valence-corrected chi connectivity index (χ3v) is 3.43. The lowest BCUT2D eigenvalue weighted by molar-refractivity contribution is -0.131. The monoisotopic (exact) mass is 278 g/mol. The van der Waals surface area contributed by atoms with Crippen LogP contribution < -0.4 is 5.73 Å². The molecule has 4 nitrogen and oxygen atoms in total. The van der Waals surface area contributed by atoms with Crippen molar-refractivity contribution < 1.29 is 9.53 Å². The average Bonchev–Trinajstić information content (AvgIpc) is 2.68. The van der Waals surface area contributed by atoms with Crippen molar-refractivity contribution in [1.29, 1.82) is 0 Å². The largest absolute Gasteiger partial charge is 0.392 e. The molecular formula is C14H18N2O2S. The lowest BCUT2D eigenvalue weighted by Gasteiger charge is -2.25. The molecule has 1 saturated heterocycles. The first-order valence-electron chi connectivity index (χ1n) is 6.41. The lowest BCUT2D eigenvalue weighted by Crippen LogP contribution is -2.41. The molecule has 0 bridgehead atoms. The number of thiocarbonyl (C=S) groups is 1. The topological polar surface area (TPSA) is 55.6 Å². The standard InChI is InChI=1S/C14H18N2O2S/c15-13(19)12(11-5-2-1-3-6-11)14(17)16-7-4-9-18-10-8-16/h1-3,5-6,12H,4,7-10H2,(H2,15,19). The van der Waals surface area contributed by atoms with E-state index in [1.54, 1.807) is 4.90 Å². The maximum absolute atomic E-state index is 12.6. The van der Waals surface area contributed by atoms with Crippen LogP contribution in [0.1, 0.15) is 17.9 Å². The van der Waals surface area contributed by atoms with Crippen molar-refractivity contribution in [3.63, 3.8) is 0 Å². The Bertz CT molecular complexity index is 442. The summed E-state index contributed by atoms with van der Waals surface area (Å²) in [5, 5.41) is 0. The molecule has 2 N–H and O–H groups in total. The first-order chi connectivity index (χ1) is 9.20. The summed E-state index contributed by atoms with van der Waals surface area (Å²) in [6.45, 7) is 2.58. The van der Waals surface area contributed by atoms with Crippen molar-refractivity contribution in [2.24, 2.45) is 5.73 Å². The van der Waals surface area contributed by atoms with E-state index in [1.807, 2.05) is 30.3 Å². The molecule has 102 valence electrons. The van der Waals surface area contributed by atoms with Crippen LogP contribution in [0, 0.1) is 0 Å². The Hall–Kier alpha value is -1.46. The van der Waals surface area contributed by atoms with Crippen LogP contribution in [0.5, 0.6) is 0 Å². The first-order valence-corrected chi connectivity index (χ1v) is 6.82. The van der Waals surface area contributed by atoms with Gasteiger partial charge in [-0.25, -0.2) is 0 Å². The zero-order valence-corrected chi connectivity index (χ0v) is 11.6. The molecule has 19 heavy (non-hydrogen) atoms. The maximum atomic E-state index is 12.6. The van der Waals surface area contributed by atoms with Crippen LogP contribution in [0.15, 0.2) is 30.3 Å². The number of benzene rings is 1. The van der Waals surface area contributed by atoms with Gasteiger partial charge in [0.1, 0.15) is 5.92 Å². The molecule has 1 aromatic carbocycles. The Morgan fingerprint density at radius 2 is 2.00 bits per heavy atom. The number of carbonyl (C=O) groups is 1. The van der Waals surface area contributed by atoms with E-state index >= 15 is 0 Å². The molecule has 1 amide bonds. The van der Waals surface area contributed by atoms with Crippen LogP contribution in [-0.2, 0) is 9.53 Å². The van der Waals surface area contributed by atoms with Crippen LogP contribution in [-0.4, -0.2) is 42.1 Å². The smallest absolute Gasteiger partial charge is 0.237 e. The summed E-state index contributed by atoms with van der Waals surface area (Å²) in [5.74, 6) is -0.557. The van der Waals surface area contributed by atoms with E-state index in [4.69, 9.17) is 22.7 Å². The van der Waals surface area contributed by atoms with Gasteiger partial charge in [-0.05, 0) is 12.0 Å². The maximum Gasteiger partial charge on any atom is 0.237 e. The molecule has 0 aromatic heterocycles.